The van der Waals surface area contributed by atoms with Crippen molar-refractivity contribution in [3.05, 3.63) is 0 Å². The predicted octanol–water partition coefficient (Wildman–Crippen LogP) is 0.149. The van der Waals surface area contributed by atoms with Crippen LogP contribution < -0.4 is 5.32 Å². The number of aliphatic hydroxyl groups is 2. The molecule has 5 nitrogen and oxygen atoms in total. The van der Waals surface area contributed by atoms with E-state index < -0.39 is 6.10 Å². The van der Waals surface area contributed by atoms with Gasteiger partial charge in [0, 0.05) is 26.3 Å². The molecule has 0 rings (SSSR count). The van der Waals surface area contributed by atoms with Crippen LogP contribution >= 0.6 is 0 Å². The topological polar surface area (TPSA) is 71.0 Å². The number of aliphatic hydroxyl groups excluding tert-OH is 2. The van der Waals surface area contributed by atoms with Crippen LogP contribution in [0.5, 0.6) is 0 Å². The Hall–Kier alpha value is -0.200. The molecule has 0 aliphatic carbocycles. The molecule has 0 aromatic carbocycles. The molecule has 104 valence electrons. The van der Waals surface area contributed by atoms with Crippen molar-refractivity contribution in [2.75, 3.05) is 33.5 Å². The van der Waals surface area contributed by atoms with Gasteiger partial charge in [0.25, 0.3) is 0 Å². The summed E-state index contributed by atoms with van der Waals surface area (Å²) in [4.78, 5) is 0. The third-order valence-corrected chi connectivity index (χ3v) is 2.59. The maximum atomic E-state index is 9.69. The molecule has 3 unspecified atom stereocenters. The highest BCUT2D eigenvalue weighted by Gasteiger charge is 2.10. The Labute approximate surface area is 104 Å². The van der Waals surface area contributed by atoms with Gasteiger partial charge in [-0.3, -0.25) is 0 Å². The van der Waals surface area contributed by atoms with Crippen LogP contribution in [0.3, 0.4) is 0 Å². The lowest BCUT2D eigenvalue weighted by molar-refractivity contribution is -0.0317. The Bertz CT molecular complexity index is 169. The summed E-state index contributed by atoms with van der Waals surface area (Å²) in [6, 6.07) is 0.256. The van der Waals surface area contributed by atoms with Crippen LogP contribution in [0, 0.1) is 0 Å². The number of ether oxygens (including phenoxy) is 2. The third-order valence-electron chi connectivity index (χ3n) is 2.59. The Morgan fingerprint density at radius 2 is 2.00 bits per heavy atom. The Balaban J connectivity index is 3.60. The molecule has 3 N–H and O–H groups in total. The van der Waals surface area contributed by atoms with Crippen molar-refractivity contribution < 1.29 is 19.7 Å². The van der Waals surface area contributed by atoms with Gasteiger partial charge in [-0.15, -0.1) is 0 Å². The fourth-order valence-electron chi connectivity index (χ4n) is 1.53. The lowest BCUT2D eigenvalue weighted by atomic mass is 10.1. The Morgan fingerprint density at radius 3 is 2.53 bits per heavy atom. The van der Waals surface area contributed by atoms with Crippen LogP contribution in [-0.4, -0.2) is 61.9 Å². The summed E-state index contributed by atoms with van der Waals surface area (Å²) >= 11 is 0. The van der Waals surface area contributed by atoms with E-state index in [-0.39, 0.29) is 18.8 Å². The number of rotatable bonds is 11. The zero-order valence-corrected chi connectivity index (χ0v) is 11.2. The van der Waals surface area contributed by atoms with E-state index in [1.165, 1.54) is 0 Å². The Morgan fingerprint density at radius 1 is 1.29 bits per heavy atom. The van der Waals surface area contributed by atoms with Crippen molar-refractivity contribution in [1.29, 1.82) is 0 Å². The molecule has 0 aromatic rings. The molecule has 0 aromatic heterocycles. The summed E-state index contributed by atoms with van der Waals surface area (Å²) in [6.45, 7) is 5.44. The average molecular weight is 249 g/mol. The highest BCUT2D eigenvalue weighted by atomic mass is 16.5. The summed E-state index contributed by atoms with van der Waals surface area (Å²) in [5.41, 5.74) is 0. The molecule has 0 amide bonds. The molecule has 0 spiro atoms. The van der Waals surface area contributed by atoms with Crippen molar-refractivity contribution in [1.82, 2.24) is 5.32 Å². The summed E-state index contributed by atoms with van der Waals surface area (Å²) in [6.07, 6.45) is 1.12. The monoisotopic (exact) mass is 249 g/mol. The second-order valence-electron chi connectivity index (χ2n) is 4.28. The van der Waals surface area contributed by atoms with Gasteiger partial charge in [0.2, 0.25) is 0 Å². The summed E-state index contributed by atoms with van der Waals surface area (Å²) in [7, 11) is 1.62. The van der Waals surface area contributed by atoms with E-state index >= 15 is 0 Å². The molecule has 0 aliphatic heterocycles. The highest BCUT2D eigenvalue weighted by Crippen LogP contribution is 1.98. The predicted molar refractivity (Wildman–Crippen MR) is 67.1 cm³/mol. The van der Waals surface area contributed by atoms with Crippen molar-refractivity contribution in [2.24, 2.45) is 0 Å². The lowest BCUT2D eigenvalue weighted by Gasteiger charge is -2.20. The van der Waals surface area contributed by atoms with Gasteiger partial charge in [-0.05, 0) is 19.8 Å². The van der Waals surface area contributed by atoms with Gasteiger partial charge >= 0.3 is 0 Å². The fraction of sp³-hybridized carbons (Fsp3) is 1.00. The Kier molecular flexibility index (Phi) is 10.8. The molecule has 5 heteroatoms. The van der Waals surface area contributed by atoms with E-state index in [0.717, 1.165) is 6.42 Å². The molecular formula is C12H27NO4. The summed E-state index contributed by atoms with van der Waals surface area (Å²) < 4.78 is 10.3. The maximum Gasteiger partial charge on any atom is 0.0897 e. The fourth-order valence-corrected chi connectivity index (χ4v) is 1.53. The molecule has 0 aliphatic rings. The van der Waals surface area contributed by atoms with Crippen molar-refractivity contribution in [2.45, 2.75) is 44.9 Å². The second-order valence-corrected chi connectivity index (χ2v) is 4.28. The summed E-state index contributed by atoms with van der Waals surface area (Å²) in [5.74, 6) is 0. The molecule has 0 saturated carbocycles. The number of hydrogen-bond acceptors (Lipinski definition) is 5. The van der Waals surface area contributed by atoms with Crippen LogP contribution in [-0.2, 0) is 9.47 Å². The first kappa shape index (κ1) is 16.8. The SMILES string of the molecule is CCC(CCO)NCC(O)COC(C)COC. The zero-order chi connectivity index (χ0) is 13.1. The lowest BCUT2D eigenvalue weighted by Crippen LogP contribution is -2.38. The van der Waals surface area contributed by atoms with Gasteiger partial charge in [-0.2, -0.15) is 0 Å². The van der Waals surface area contributed by atoms with E-state index in [4.69, 9.17) is 14.6 Å². The van der Waals surface area contributed by atoms with Gasteiger partial charge in [-0.25, -0.2) is 0 Å². The van der Waals surface area contributed by atoms with Crippen LogP contribution in [0.2, 0.25) is 0 Å². The largest absolute Gasteiger partial charge is 0.396 e. The normalized spacial score (nSPS) is 16.8. The highest BCUT2D eigenvalue weighted by molar-refractivity contribution is 4.68. The second kappa shape index (κ2) is 10.9. The van der Waals surface area contributed by atoms with E-state index in [0.29, 0.717) is 26.2 Å². The first-order valence-electron chi connectivity index (χ1n) is 6.26. The number of hydrogen-bond donors (Lipinski definition) is 3. The van der Waals surface area contributed by atoms with Crippen LogP contribution in [0.15, 0.2) is 0 Å². The van der Waals surface area contributed by atoms with Gasteiger partial charge in [0.1, 0.15) is 0 Å². The minimum Gasteiger partial charge on any atom is -0.396 e. The van der Waals surface area contributed by atoms with E-state index in [2.05, 4.69) is 12.2 Å². The molecule has 0 saturated heterocycles. The van der Waals surface area contributed by atoms with Gasteiger partial charge in [-0.1, -0.05) is 6.92 Å². The number of methoxy groups -OCH3 is 1. The molecule has 0 heterocycles. The van der Waals surface area contributed by atoms with Gasteiger partial charge in [0.15, 0.2) is 0 Å². The van der Waals surface area contributed by atoms with Crippen LogP contribution in [0.1, 0.15) is 26.7 Å². The van der Waals surface area contributed by atoms with Crippen molar-refractivity contribution >= 4 is 0 Å². The quantitative estimate of drug-likeness (QED) is 0.486. The molecule has 0 bridgehead atoms. The molecule has 0 fully saturated rings. The standard InChI is InChI=1S/C12H27NO4/c1-4-11(5-6-14)13-7-12(15)9-17-10(2)8-16-3/h10-15H,4-9H2,1-3H3. The van der Waals surface area contributed by atoms with E-state index in [1.54, 1.807) is 7.11 Å². The summed E-state index contributed by atoms with van der Waals surface area (Å²) in [5, 5.41) is 21.7. The zero-order valence-electron chi connectivity index (χ0n) is 11.2. The number of nitrogens with one attached hydrogen (secondary N) is 1. The van der Waals surface area contributed by atoms with Crippen LogP contribution in [0.4, 0.5) is 0 Å². The van der Waals surface area contributed by atoms with Crippen molar-refractivity contribution in [3.8, 4) is 0 Å². The van der Waals surface area contributed by atoms with Crippen LogP contribution in [0.25, 0.3) is 0 Å². The smallest absolute Gasteiger partial charge is 0.0897 e. The minimum atomic E-state index is -0.526. The average Bonchev–Trinajstić information content (AvgIpc) is 2.32. The maximum absolute atomic E-state index is 9.69. The van der Waals surface area contributed by atoms with E-state index in [1.807, 2.05) is 6.92 Å². The van der Waals surface area contributed by atoms with Gasteiger partial charge in [0.05, 0.1) is 25.4 Å². The molecular weight excluding hydrogens is 222 g/mol. The van der Waals surface area contributed by atoms with Crippen molar-refractivity contribution in [3.63, 3.8) is 0 Å². The minimum absolute atomic E-state index is 0.00550. The first-order valence-corrected chi connectivity index (χ1v) is 6.26. The van der Waals surface area contributed by atoms with Gasteiger partial charge < -0.3 is 25.0 Å². The molecule has 17 heavy (non-hydrogen) atoms. The molecule has 0 radical (unpaired) electrons. The molecule has 3 atom stereocenters. The first-order chi connectivity index (χ1) is 8.13. The third kappa shape index (κ3) is 9.50. The van der Waals surface area contributed by atoms with E-state index in [9.17, 15) is 5.11 Å².